The molecule has 1 amide bonds. The molecule has 10 nitrogen and oxygen atoms in total. The summed E-state index contributed by atoms with van der Waals surface area (Å²) in [6.07, 6.45) is -1.85. The third kappa shape index (κ3) is 4.63. The number of hydrogen-bond acceptors (Lipinski definition) is 9. The third-order valence-electron chi connectivity index (χ3n) is 5.77. The first kappa shape index (κ1) is 23.0. The normalized spacial score (nSPS) is 23.3. The Hall–Kier alpha value is -3.22. The first-order valence-electron chi connectivity index (χ1n) is 10.3. The monoisotopic (exact) mass is 467 g/mol. The fourth-order valence-electron chi connectivity index (χ4n) is 3.86. The Morgan fingerprint density at radius 1 is 1.24 bits per heavy atom. The van der Waals surface area contributed by atoms with E-state index in [4.69, 9.17) is 9.47 Å². The molecule has 2 N–H and O–H groups in total. The molecule has 1 fully saturated rings. The van der Waals surface area contributed by atoms with E-state index in [1.165, 1.54) is 0 Å². The number of hydrogen-bond donors (Lipinski definition) is 2. The van der Waals surface area contributed by atoms with Crippen molar-refractivity contribution in [1.82, 2.24) is 19.9 Å². The van der Waals surface area contributed by atoms with E-state index in [1.807, 2.05) is 6.92 Å². The molecule has 0 spiro atoms. The molecular formula is C20H24F3N7O3. The fourth-order valence-corrected chi connectivity index (χ4v) is 3.86. The second-order valence-corrected chi connectivity index (χ2v) is 8.11. The average Bonchev–Trinajstić information content (AvgIpc) is 2.72. The van der Waals surface area contributed by atoms with Gasteiger partial charge in [-0.05, 0) is 13.8 Å². The van der Waals surface area contributed by atoms with Crippen molar-refractivity contribution in [3.8, 4) is 5.75 Å². The summed E-state index contributed by atoms with van der Waals surface area (Å²) in [5, 5.41) is 6.12. The highest BCUT2D eigenvalue weighted by molar-refractivity contribution is 6.03. The van der Waals surface area contributed by atoms with Crippen molar-refractivity contribution < 1.29 is 27.4 Å². The number of aromatic nitrogens is 4. The Morgan fingerprint density at radius 3 is 2.52 bits per heavy atom. The number of rotatable bonds is 6. The quantitative estimate of drug-likeness (QED) is 0.661. The van der Waals surface area contributed by atoms with Gasteiger partial charge in [-0.25, -0.2) is 15.0 Å². The minimum Gasteiger partial charge on any atom is -0.487 e. The van der Waals surface area contributed by atoms with E-state index >= 15 is 0 Å². The van der Waals surface area contributed by atoms with Crippen molar-refractivity contribution in [1.29, 1.82) is 0 Å². The number of aryl methyl sites for hydroxylation is 1. The summed E-state index contributed by atoms with van der Waals surface area (Å²) in [4.78, 5) is 29.9. The molecule has 2 aromatic rings. The first-order valence-corrected chi connectivity index (χ1v) is 10.3. The summed E-state index contributed by atoms with van der Waals surface area (Å²) >= 11 is 0. The molecule has 4 rings (SSSR count). The molecule has 2 aliphatic rings. The van der Waals surface area contributed by atoms with Gasteiger partial charge in [0.1, 0.15) is 17.8 Å². The third-order valence-corrected chi connectivity index (χ3v) is 5.77. The lowest BCUT2D eigenvalue weighted by Crippen LogP contribution is -2.53. The second kappa shape index (κ2) is 8.61. The van der Waals surface area contributed by atoms with Crippen molar-refractivity contribution >= 4 is 23.4 Å². The van der Waals surface area contributed by atoms with Gasteiger partial charge in [0.25, 0.3) is 0 Å². The summed E-state index contributed by atoms with van der Waals surface area (Å²) < 4.78 is 48.7. The van der Waals surface area contributed by atoms with Gasteiger partial charge in [0, 0.05) is 33.0 Å². The Balaban J connectivity index is 1.38. The number of carbonyl (C=O) groups is 1. The molecule has 178 valence electrons. The fraction of sp³-hybridized carbons (Fsp3) is 0.550. The number of anilines is 3. The van der Waals surface area contributed by atoms with Crippen molar-refractivity contribution in [3.05, 3.63) is 23.9 Å². The summed E-state index contributed by atoms with van der Waals surface area (Å²) in [5.74, 6) is -0.195. The minimum atomic E-state index is -4.59. The molecular weight excluding hydrogens is 443 g/mol. The molecule has 1 aliphatic carbocycles. The average molecular weight is 467 g/mol. The molecule has 33 heavy (non-hydrogen) atoms. The molecule has 0 aromatic carbocycles. The van der Waals surface area contributed by atoms with E-state index in [0.29, 0.717) is 36.0 Å². The zero-order valence-corrected chi connectivity index (χ0v) is 18.5. The molecule has 0 saturated heterocycles. The predicted octanol–water partition coefficient (Wildman–Crippen LogP) is 2.41. The van der Waals surface area contributed by atoms with Crippen LogP contribution in [0.25, 0.3) is 0 Å². The van der Waals surface area contributed by atoms with Gasteiger partial charge in [-0.2, -0.15) is 18.2 Å². The number of nitrogens with zero attached hydrogens (tertiary/aromatic N) is 5. The number of alkyl halides is 3. The van der Waals surface area contributed by atoms with Gasteiger partial charge in [-0.3, -0.25) is 4.79 Å². The van der Waals surface area contributed by atoms with Crippen LogP contribution in [0.2, 0.25) is 0 Å². The van der Waals surface area contributed by atoms with E-state index in [-0.39, 0.29) is 29.9 Å². The maximum atomic E-state index is 12.6. The van der Waals surface area contributed by atoms with Crippen LogP contribution in [-0.2, 0) is 15.7 Å². The van der Waals surface area contributed by atoms with Crippen LogP contribution in [0.4, 0.5) is 30.6 Å². The van der Waals surface area contributed by atoms with Crippen molar-refractivity contribution in [2.24, 2.45) is 0 Å². The van der Waals surface area contributed by atoms with Gasteiger partial charge in [0.15, 0.2) is 11.6 Å². The first-order chi connectivity index (χ1) is 15.6. The summed E-state index contributed by atoms with van der Waals surface area (Å²) in [7, 11) is 3.33. The number of halogens is 3. The van der Waals surface area contributed by atoms with E-state index in [0.717, 1.165) is 12.4 Å². The molecule has 1 unspecified atom stereocenters. The lowest BCUT2D eigenvalue weighted by atomic mass is 9.89. The zero-order chi connectivity index (χ0) is 23.9. The number of fused-ring (bicyclic) bond motifs is 1. The number of methoxy groups -OCH3 is 1. The smallest absolute Gasteiger partial charge is 0.451 e. The van der Waals surface area contributed by atoms with Gasteiger partial charge in [-0.1, -0.05) is 0 Å². The van der Waals surface area contributed by atoms with Crippen LogP contribution in [0, 0.1) is 6.92 Å². The number of carbonyl (C=O) groups excluding carboxylic acids is 1. The number of ether oxygens (including phenoxy) is 2. The van der Waals surface area contributed by atoms with E-state index < -0.39 is 18.0 Å². The van der Waals surface area contributed by atoms with Gasteiger partial charge in [-0.15, -0.1) is 0 Å². The standard InChI is InChI=1S/C20H24F3N7O3/c1-9-14-16(30(3)15(10(2)32-4)17(31)28-14)29-19(26-9)27-11-5-12(6-11)33-13-7-24-18(25-8-13)20(21,22)23/h7-8,10-12,15H,5-6H2,1-4H3,(H,28,31)(H,26,27,29)/t10?,11-,12-,15-/m0/s1. The number of amides is 1. The molecule has 3 heterocycles. The van der Waals surface area contributed by atoms with Crippen LogP contribution in [0.15, 0.2) is 12.4 Å². The topological polar surface area (TPSA) is 114 Å². The molecule has 0 bridgehead atoms. The lowest BCUT2D eigenvalue weighted by Gasteiger charge is -2.38. The Morgan fingerprint density at radius 2 is 1.91 bits per heavy atom. The van der Waals surface area contributed by atoms with Crippen LogP contribution < -0.4 is 20.3 Å². The highest BCUT2D eigenvalue weighted by Crippen LogP contribution is 2.35. The highest BCUT2D eigenvalue weighted by atomic mass is 19.4. The molecule has 2 atom stereocenters. The Kier molecular flexibility index (Phi) is 5.99. The molecule has 2 aromatic heterocycles. The number of nitrogens with one attached hydrogen (secondary N) is 2. The molecule has 1 aliphatic heterocycles. The maximum absolute atomic E-state index is 12.6. The Labute approximate surface area is 187 Å². The van der Waals surface area contributed by atoms with Crippen LogP contribution >= 0.6 is 0 Å². The number of likely N-dealkylation sites (N-methyl/N-ethyl adjacent to an activating group) is 1. The lowest BCUT2D eigenvalue weighted by molar-refractivity contribution is -0.145. The Bertz CT molecular complexity index is 1030. The van der Waals surface area contributed by atoms with Crippen LogP contribution in [0.5, 0.6) is 5.75 Å². The van der Waals surface area contributed by atoms with Gasteiger partial charge < -0.3 is 25.0 Å². The predicted molar refractivity (Wildman–Crippen MR) is 112 cm³/mol. The van der Waals surface area contributed by atoms with Gasteiger partial charge >= 0.3 is 6.18 Å². The highest BCUT2D eigenvalue weighted by Gasteiger charge is 2.38. The van der Waals surface area contributed by atoms with Crippen LogP contribution in [0.1, 0.15) is 31.3 Å². The summed E-state index contributed by atoms with van der Waals surface area (Å²) in [5.41, 5.74) is 1.19. The van der Waals surface area contributed by atoms with E-state index in [2.05, 4.69) is 30.6 Å². The summed E-state index contributed by atoms with van der Waals surface area (Å²) in [6.45, 7) is 3.60. The maximum Gasteiger partial charge on any atom is 0.451 e. The molecule has 1 saturated carbocycles. The van der Waals surface area contributed by atoms with Crippen molar-refractivity contribution in [2.75, 3.05) is 29.7 Å². The largest absolute Gasteiger partial charge is 0.487 e. The van der Waals surface area contributed by atoms with Crippen LogP contribution in [0.3, 0.4) is 0 Å². The van der Waals surface area contributed by atoms with E-state index in [1.54, 1.807) is 26.0 Å². The van der Waals surface area contributed by atoms with E-state index in [9.17, 15) is 18.0 Å². The zero-order valence-electron chi connectivity index (χ0n) is 18.5. The van der Waals surface area contributed by atoms with Crippen LogP contribution in [-0.4, -0.2) is 64.3 Å². The SMILES string of the molecule is COC(C)[C@H]1C(=O)Nc2c(C)nc(N[C@H]3C[C@H](Oc4cnc(C(F)(F)F)nc4)C3)nc2N1C. The van der Waals surface area contributed by atoms with Gasteiger partial charge in [0.2, 0.25) is 17.7 Å². The van der Waals surface area contributed by atoms with Crippen molar-refractivity contribution in [2.45, 2.75) is 57.2 Å². The molecule has 13 heteroatoms. The summed E-state index contributed by atoms with van der Waals surface area (Å²) in [6, 6.07) is -0.503. The van der Waals surface area contributed by atoms with Crippen molar-refractivity contribution in [3.63, 3.8) is 0 Å². The van der Waals surface area contributed by atoms with Gasteiger partial charge in [0.05, 0.1) is 24.2 Å². The minimum absolute atomic E-state index is 0.0278. The molecule has 0 radical (unpaired) electrons. The second-order valence-electron chi connectivity index (χ2n) is 8.11.